The van der Waals surface area contributed by atoms with Crippen molar-refractivity contribution >= 4 is 0 Å². The van der Waals surface area contributed by atoms with E-state index in [1.165, 1.54) is 4.57 Å². The fourth-order valence-electron chi connectivity index (χ4n) is 2.64. The highest BCUT2D eigenvalue weighted by atomic mass is 19.4. The van der Waals surface area contributed by atoms with Crippen LogP contribution in [-0.2, 0) is 30.4 Å². The Kier molecular flexibility index (Phi) is 4.63. The summed E-state index contributed by atoms with van der Waals surface area (Å²) < 4.78 is 46.1. The molecule has 1 aliphatic heterocycles. The normalized spacial score (nSPS) is 16.1. The first kappa shape index (κ1) is 16.3. The average molecular weight is 305 g/mol. The zero-order valence-electron chi connectivity index (χ0n) is 12.7. The summed E-state index contributed by atoms with van der Waals surface area (Å²) in [4.78, 5) is 3.83. The van der Waals surface area contributed by atoms with Crippen LogP contribution in [0.5, 0.6) is 0 Å². The SMILES string of the molecule is COCCC(C)(C)Cn1c(C(F)(F)F)nc2c1CCNC2. The fourth-order valence-corrected chi connectivity index (χ4v) is 2.64. The largest absolute Gasteiger partial charge is 0.449 e. The van der Waals surface area contributed by atoms with Gasteiger partial charge in [0, 0.05) is 45.5 Å². The van der Waals surface area contributed by atoms with Gasteiger partial charge in [-0.2, -0.15) is 13.2 Å². The minimum absolute atomic E-state index is 0.282. The summed E-state index contributed by atoms with van der Waals surface area (Å²) >= 11 is 0. The fraction of sp³-hybridized carbons (Fsp3) is 0.786. The molecule has 0 saturated carbocycles. The van der Waals surface area contributed by atoms with Crippen LogP contribution in [0.3, 0.4) is 0 Å². The summed E-state index contributed by atoms with van der Waals surface area (Å²) in [6.07, 6.45) is -3.14. The molecule has 1 aliphatic rings. The Labute approximate surface area is 122 Å². The Morgan fingerprint density at radius 1 is 1.33 bits per heavy atom. The number of nitrogens with one attached hydrogen (secondary N) is 1. The molecule has 0 spiro atoms. The van der Waals surface area contributed by atoms with Gasteiger partial charge in [-0.1, -0.05) is 13.8 Å². The van der Waals surface area contributed by atoms with E-state index in [-0.39, 0.29) is 5.41 Å². The third kappa shape index (κ3) is 3.77. The Balaban J connectivity index is 2.34. The van der Waals surface area contributed by atoms with Crippen molar-refractivity contribution in [1.29, 1.82) is 0 Å². The van der Waals surface area contributed by atoms with E-state index in [0.717, 1.165) is 0 Å². The predicted molar refractivity (Wildman–Crippen MR) is 72.9 cm³/mol. The van der Waals surface area contributed by atoms with Gasteiger partial charge in [0.1, 0.15) is 0 Å². The monoisotopic (exact) mass is 305 g/mol. The van der Waals surface area contributed by atoms with Gasteiger partial charge in [0.15, 0.2) is 0 Å². The van der Waals surface area contributed by atoms with E-state index in [2.05, 4.69) is 10.3 Å². The molecule has 21 heavy (non-hydrogen) atoms. The molecule has 1 N–H and O–H groups in total. The maximum atomic E-state index is 13.2. The van der Waals surface area contributed by atoms with Gasteiger partial charge >= 0.3 is 6.18 Å². The summed E-state index contributed by atoms with van der Waals surface area (Å²) in [5.74, 6) is -0.776. The minimum Gasteiger partial charge on any atom is -0.385 e. The van der Waals surface area contributed by atoms with Crippen molar-refractivity contribution < 1.29 is 17.9 Å². The molecule has 120 valence electrons. The number of halogens is 3. The number of imidazole rings is 1. The number of aromatic nitrogens is 2. The summed E-state index contributed by atoms with van der Waals surface area (Å²) in [5.41, 5.74) is 0.956. The number of ether oxygens (including phenoxy) is 1. The lowest BCUT2D eigenvalue weighted by atomic mass is 9.89. The van der Waals surface area contributed by atoms with Gasteiger partial charge in [-0.05, 0) is 11.8 Å². The third-order valence-corrected chi connectivity index (χ3v) is 3.81. The maximum Gasteiger partial charge on any atom is 0.449 e. The van der Waals surface area contributed by atoms with Crippen LogP contribution in [0.4, 0.5) is 13.2 Å². The van der Waals surface area contributed by atoms with Crippen LogP contribution >= 0.6 is 0 Å². The highest BCUT2D eigenvalue weighted by Crippen LogP contribution is 2.34. The van der Waals surface area contributed by atoms with Gasteiger partial charge in [0.25, 0.3) is 0 Å². The highest BCUT2D eigenvalue weighted by molar-refractivity contribution is 5.22. The molecule has 7 heteroatoms. The molecule has 0 amide bonds. The van der Waals surface area contributed by atoms with Crippen LogP contribution in [0.2, 0.25) is 0 Å². The van der Waals surface area contributed by atoms with Crippen molar-refractivity contribution in [2.45, 2.75) is 46.0 Å². The summed E-state index contributed by atoms with van der Waals surface area (Å²) in [5, 5.41) is 3.07. The van der Waals surface area contributed by atoms with Crippen molar-refractivity contribution in [3.05, 3.63) is 17.2 Å². The number of hydrogen-bond acceptors (Lipinski definition) is 3. The molecule has 0 fully saturated rings. The summed E-state index contributed by atoms with van der Waals surface area (Å²) in [6, 6.07) is 0. The molecular weight excluding hydrogens is 283 g/mol. The highest BCUT2D eigenvalue weighted by Gasteiger charge is 2.40. The molecule has 2 rings (SSSR count). The van der Waals surface area contributed by atoms with E-state index < -0.39 is 12.0 Å². The van der Waals surface area contributed by atoms with Gasteiger partial charge in [-0.25, -0.2) is 4.98 Å². The van der Waals surface area contributed by atoms with Crippen LogP contribution in [0.25, 0.3) is 0 Å². The zero-order valence-corrected chi connectivity index (χ0v) is 12.7. The van der Waals surface area contributed by atoms with Crippen molar-refractivity contribution in [3.63, 3.8) is 0 Å². The number of nitrogens with zero attached hydrogens (tertiary/aromatic N) is 2. The molecule has 0 radical (unpaired) electrons. The number of hydrogen-bond donors (Lipinski definition) is 1. The molecule has 1 aromatic rings. The maximum absolute atomic E-state index is 13.2. The molecule has 2 heterocycles. The van der Waals surface area contributed by atoms with E-state index in [1.807, 2.05) is 13.8 Å². The molecule has 0 unspecified atom stereocenters. The third-order valence-electron chi connectivity index (χ3n) is 3.81. The van der Waals surface area contributed by atoms with Gasteiger partial charge in [0.05, 0.1) is 5.69 Å². The second kappa shape index (κ2) is 5.96. The van der Waals surface area contributed by atoms with E-state index >= 15 is 0 Å². The molecule has 0 aromatic carbocycles. The van der Waals surface area contributed by atoms with Crippen molar-refractivity contribution in [2.75, 3.05) is 20.3 Å². The average Bonchev–Trinajstić information content (AvgIpc) is 2.75. The number of fused-ring (bicyclic) bond motifs is 1. The van der Waals surface area contributed by atoms with E-state index in [9.17, 15) is 13.2 Å². The molecule has 0 atom stereocenters. The first-order valence-electron chi connectivity index (χ1n) is 7.10. The van der Waals surface area contributed by atoms with Crippen molar-refractivity contribution in [2.24, 2.45) is 5.41 Å². The number of alkyl halides is 3. The lowest BCUT2D eigenvalue weighted by Crippen LogP contribution is -2.29. The van der Waals surface area contributed by atoms with Crippen molar-refractivity contribution in [1.82, 2.24) is 14.9 Å². The van der Waals surface area contributed by atoms with Crippen LogP contribution < -0.4 is 5.32 Å². The van der Waals surface area contributed by atoms with Gasteiger partial charge < -0.3 is 14.6 Å². The van der Waals surface area contributed by atoms with E-state index in [0.29, 0.717) is 50.5 Å². The topological polar surface area (TPSA) is 39.1 Å². The second-order valence-electron chi connectivity index (χ2n) is 6.25. The van der Waals surface area contributed by atoms with Gasteiger partial charge in [-0.15, -0.1) is 0 Å². The van der Waals surface area contributed by atoms with Crippen molar-refractivity contribution in [3.8, 4) is 0 Å². The molecule has 0 saturated heterocycles. The first-order valence-corrected chi connectivity index (χ1v) is 7.10. The van der Waals surface area contributed by atoms with Crippen LogP contribution in [0.1, 0.15) is 37.5 Å². The van der Waals surface area contributed by atoms with Crippen LogP contribution in [0.15, 0.2) is 0 Å². The smallest absolute Gasteiger partial charge is 0.385 e. The predicted octanol–water partition coefficient (Wildman–Crippen LogP) is 2.61. The molecular formula is C14H22F3N3O. The van der Waals surface area contributed by atoms with E-state index in [4.69, 9.17) is 4.74 Å². The number of rotatable bonds is 5. The van der Waals surface area contributed by atoms with Crippen LogP contribution in [0, 0.1) is 5.41 Å². The summed E-state index contributed by atoms with van der Waals surface area (Å²) in [7, 11) is 1.60. The Morgan fingerprint density at radius 3 is 2.67 bits per heavy atom. The molecule has 0 aliphatic carbocycles. The molecule has 1 aromatic heterocycles. The Hall–Kier alpha value is -1.08. The van der Waals surface area contributed by atoms with Gasteiger partial charge in [-0.3, -0.25) is 0 Å². The standard InChI is InChI=1S/C14H22F3N3O/c1-13(2,5-7-21-3)9-20-11-4-6-18-8-10(11)19-12(20)14(15,16)17/h18H,4-9H2,1-3H3. The quantitative estimate of drug-likeness (QED) is 0.909. The zero-order chi connectivity index (χ0) is 15.7. The second-order valence-corrected chi connectivity index (χ2v) is 6.25. The molecule has 0 bridgehead atoms. The minimum atomic E-state index is -4.42. The lowest BCUT2D eigenvalue weighted by Gasteiger charge is -2.28. The van der Waals surface area contributed by atoms with Gasteiger partial charge in [0.2, 0.25) is 5.82 Å². The number of methoxy groups -OCH3 is 1. The first-order chi connectivity index (χ1) is 9.74. The molecule has 4 nitrogen and oxygen atoms in total. The summed E-state index contributed by atoms with van der Waals surface area (Å²) in [6.45, 7) is 5.85. The van der Waals surface area contributed by atoms with E-state index in [1.54, 1.807) is 7.11 Å². The van der Waals surface area contributed by atoms with Crippen LogP contribution in [-0.4, -0.2) is 29.8 Å². The Bertz CT molecular complexity index is 494. The lowest BCUT2D eigenvalue weighted by molar-refractivity contribution is -0.148. The Morgan fingerprint density at radius 2 is 2.05 bits per heavy atom.